The molecule has 19 heavy (non-hydrogen) atoms. The zero-order chi connectivity index (χ0) is 13.5. The molecule has 3 atom stereocenters. The van der Waals surface area contributed by atoms with Crippen LogP contribution in [-0.4, -0.2) is 25.5 Å². The normalized spacial score (nSPS) is 21.1. The van der Waals surface area contributed by atoms with Crippen LogP contribution >= 0.6 is 12.4 Å². The minimum absolute atomic E-state index is 0. The molecule has 1 rings (SSSR count). The van der Waals surface area contributed by atoms with Crippen molar-refractivity contribution in [1.82, 2.24) is 10.6 Å². The van der Waals surface area contributed by atoms with Crippen LogP contribution in [0.15, 0.2) is 0 Å². The van der Waals surface area contributed by atoms with Crippen LogP contribution in [0.2, 0.25) is 0 Å². The number of amides is 1. The fourth-order valence-electron chi connectivity index (χ4n) is 2.97. The average Bonchev–Trinajstić information content (AvgIpc) is 2.39. The van der Waals surface area contributed by atoms with Crippen molar-refractivity contribution in [1.29, 1.82) is 0 Å². The Kier molecular flexibility index (Phi) is 9.46. The van der Waals surface area contributed by atoms with Crippen LogP contribution in [0.25, 0.3) is 0 Å². The van der Waals surface area contributed by atoms with E-state index in [2.05, 4.69) is 24.5 Å². The molecule has 0 saturated heterocycles. The molecular formula is C15H31ClN2O. The molecule has 0 aromatic rings. The second kappa shape index (κ2) is 9.60. The van der Waals surface area contributed by atoms with Crippen LogP contribution in [0.1, 0.15) is 52.9 Å². The fourth-order valence-corrected chi connectivity index (χ4v) is 2.97. The molecule has 2 N–H and O–H groups in total. The van der Waals surface area contributed by atoms with Crippen molar-refractivity contribution in [3.63, 3.8) is 0 Å². The quantitative estimate of drug-likeness (QED) is 0.790. The molecule has 1 saturated carbocycles. The average molecular weight is 291 g/mol. The van der Waals surface area contributed by atoms with Crippen LogP contribution in [0, 0.1) is 17.8 Å². The van der Waals surface area contributed by atoms with Gasteiger partial charge in [0.05, 0.1) is 0 Å². The maximum atomic E-state index is 12.0. The smallest absolute Gasteiger partial charge is 0.224 e. The van der Waals surface area contributed by atoms with Crippen LogP contribution in [-0.2, 0) is 4.79 Å². The van der Waals surface area contributed by atoms with Crippen molar-refractivity contribution in [3.05, 3.63) is 0 Å². The molecule has 0 heterocycles. The molecule has 3 nitrogen and oxygen atoms in total. The van der Waals surface area contributed by atoms with E-state index in [-0.39, 0.29) is 24.2 Å². The zero-order valence-electron chi connectivity index (χ0n) is 12.9. The van der Waals surface area contributed by atoms with Gasteiger partial charge in [-0.25, -0.2) is 0 Å². The van der Waals surface area contributed by atoms with Gasteiger partial charge in [-0.3, -0.25) is 4.79 Å². The van der Waals surface area contributed by atoms with E-state index in [0.717, 1.165) is 12.5 Å². The number of carbonyl (C=O) groups excluding carboxylic acids is 1. The van der Waals surface area contributed by atoms with Gasteiger partial charge in [0, 0.05) is 18.5 Å². The van der Waals surface area contributed by atoms with Gasteiger partial charge in [-0.2, -0.15) is 0 Å². The Morgan fingerprint density at radius 3 is 2.26 bits per heavy atom. The van der Waals surface area contributed by atoms with Crippen molar-refractivity contribution in [2.24, 2.45) is 17.8 Å². The minimum atomic E-state index is 0. The summed E-state index contributed by atoms with van der Waals surface area (Å²) in [6, 6.07) is 0.292. The van der Waals surface area contributed by atoms with Crippen molar-refractivity contribution < 1.29 is 4.79 Å². The summed E-state index contributed by atoms with van der Waals surface area (Å²) in [5, 5.41) is 6.24. The Morgan fingerprint density at radius 1 is 1.16 bits per heavy atom. The molecule has 1 fully saturated rings. The molecule has 0 spiro atoms. The predicted octanol–water partition coefficient (Wildman–Crippen LogP) is 2.98. The highest BCUT2D eigenvalue weighted by molar-refractivity contribution is 5.85. The summed E-state index contributed by atoms with van der Waals surface area (Å²) in [6.07, 6.45) is 6.81. The Morgan fingerprint density at radius 2 is 1.74 bits per heavy atom. The third-order valence-electron chi connectivity index (χ3n) is 4.51. The highest BCUT2D eigenvalue weighted by Gasteiger charge is 2.26. The van der Waals surface area contributed by atoms with Crippen LogP contribution in [0.4, 0.5) is 0 Å². The molecule has 3 unspecified atom stereocenters. The van der Waals surface area contributed by atoms with Crippen molar-refractivity contribution in [2.45, 2.75) is 58.9 Å². The van der Waals surface area contributed by atoms with Gasteiger partial charge >= 0.3 is 0 Å². The summed E-state index contributed by atoms with van der Waals surface area (Å²) >= 11 is 0. The number of hydrogen-bond donors (Lipinski definition) is 2. The molecule has 114 valence electrons. The lowest BCUT2D eigenvalue weighted by Gasteiger charge is -2.32. The maximum absolute atomic E-state index is 12.0. The van der Waals surface area contributed by atoms with Crippen molar-refractivity contribution in [3.8, 4) is 0 Å². The van der Waals surface area contributed by atoms with Gasteiger partial charge < -0.3 is 10.6 Å². The first kappa shape index (κ1) is 18.7. The van der Waals surface area contributed by atoms with Gasteiger partial charge in [-0.05, 0) is 25.8 Å². The molecule has 0 aromatic heterocycles. The van der Waals surface area contributed by atoms with E-state index in [0.29, 0.717) is 12.0 Å². The van der Waals surface area contributed by atoms with E-state index in [9.17, 15) is 4.79 Å². The summed E-state index contributed by atoms with van der Waals surface area (Å²) in [5.74, 6) is 1.63. The Balaban J connectivity index is 0.00000324. The second-order valence-electron chi connectivity index (χ2n) is 6.01. The van der Waals surface area contributed by atoms with Gasteiger partial charge in [0.25, 0.3) is 0 Å². The molecule has 1 aliphatic carbocycles. The first-order chi connectivity index (χ1) is 8.56. The van der Waals surface area contributed by atoms with Crippen molar-refractivity contribution in [2.75, 3.05) is 13.6 Å². The molecule has 0 aromatic carbocycles. The number of halogens is 1. The lowest BCUT2D eigenvalue weighted by Crippen LogP contribution is -2.44. The first-order valence-corrected chi connectivity index (χ1v) is 7.51. The van der Waals surface area contributed by atoms with Gasteiger partial charge in [-0.15, -0.1) is 12.4 Å². The Hall–Kier alpha value is -0.280. The van der Waals surface area contributed by atoms with Gasteiger partial charge in [-0.1, -0.05) is 46.0 Å². The van der Waals surface area contributed by atoms with Crippen LogP contribution in [0.3, 0.4) is 0 Å². The third kappa shape index (κ3) is 6.13. The molecule has 0 radical (unpaired) electrons. The molecule has 1 aliphatic rings. The van der Waals surface area contributed by atoms with E-state index in [1.807, 2.05) is 14.0 Å². The molecule has 0 aliphatic heterocycles. The van der Waals surface area contributed by atoms with Crippen LogP contribution in [0.5, 0.6) is 0 Å². The maximum Gasteiger partial charge on any atom is 0.224 e. The van der Waals surface area contributed by atoms with Crippen molar-refractivity contribution >= 4 is 18.3 Å². The topological polar surface area (TPSA) is 41.1 Å². The van der Waals surface area contributed by atoms with E-state index in [1.165, 1.54) is 32.1 Å². The Bertz CT molecular complexity index is 255. The summed E-state index contributed by atoms with van der Waals surface area (Å²) in [6.45, 7) is 7.17. The largest absolute Gasteiger partial charge is 0.353 e. The number of carbonyl (C=O) groups is 1. The number of hydrogen-bond acceptors (Lipinski definition) is 2. The lowest BCUT2D eigenvalue weighted by atomic mass is 9.78. The molecular weight excluding hydrogens is 260 g/mol. The molecule has 4 heteroatoms. The minimum Gasteiger partial charge on any atom is -0.353 e. The van der Waals surface area contributed by atoms with E-state index < -0.39 is 0 Å². The molecule has 0 bridgehead atoms. The standard InChI is InChI=1S/C15H30N2O.ClH/c1-11(10-16-4)15(18)17-13(3)12(2)14-8-6-5-7-9-14;/h11-14,16H,5-10H2,1-4H3,(H,17,18);1H. The van der Waals surface area contributed by atoms with Crippen LogP contribution < -0.4 is 10.6 Å². The summed E-state index contributed by atoms with van der Waals surface area (Å²) in [4.78, 5) is 12.0. The van der Waals surface area contributed by atoms with Gasteiger partial charge in [0.2, 0.25) is 5.91 Å². The zero-order valence-corrected chi connectivity index (χ0v) is 13.7. The predicted molar refractivity (Wildman–Crippen MR) is 83.7 cm³/mol. The van der Waals surface area contributed by atoms with E-state index in [1.54, 1.807) is 0 Å². The summed E-state index contributed by atoms with van der Waals surface area (Å²) in [5.41, 5.74) is 0. The summed E-state index contributed by atoms with van der Waals surface area (Å²) < 4.78 is 0. The summed E-state index contributed by atoms with van der Waals surface area (Å²) in [7, 11) is 1.89. The Labute approximate surface area is 124 Å². The number of nitrogens with one attached hydrogen (secondary N) is 2. The second-order valence-corrected chi connectivity index (χ2v) is 6.01. The monoisotopic (exact) mass is 290 g/mol. The first-order valence-electron chi connectivity index (χ1n) is 7.51. The fraction of sp³-hybridized carbons (Fsp3) is 0.933. The highest BCUT2D eigenvalue weighted by Crippen LogP contribution is 2.31. The highest BCUT2D eigenvalue weighted by atomic mass is 35.5. The van der Waals surface area contributed by atoms with E-state index in [4.69, 9.17) is 0 Å². The van der Waals surface area contributed by atoms with Gasteiger partial charge in [0.1, 0.15) is 0 Å². The third-order valence-corrected chi connectivity index (χ3v) is 4.51. The van der Waals surface area contributed by atoms with E-state index >= 15 is 0 Å². The molecule has 1 amide bonds. The SMILES string of the molecule is CNCC(C)C(=O)NC(C)C(C)C1CCCCC1.Cl. The number of rotatable bonds is 6. The lowest BCUT2D eigenvalue weighted by molar-refractivity contribution is -0.125. The van der Waals surface area contributed by atoms with Gasteiger partial charge in [0.15, 0.2) is 0 Å².